The summed E-state index contributed by atoms with van der Waals surface area (Å²) in [4.78, 5) is 21.1. The number of piperazine rings is 1. The molecule has 0 saturated carbocycles. The third-order valence-corrected chi connectivity index (χ3v) is 5.64. The van der Waals surface area contributed by atoms with Gasteiger partial charge >= 0.3 is 0 Å². The van der Waals surface area contributed by atoms with Gasteiger partial charge in [-0.2, -0.15) is 0 Å². The van der Waals surface area contributed by atoms with E-state index in [4.69, 9.17) is 5.11 Å². The monoisotopic (exact) mass is 340 g/mol. The van der Waals surface area contributed by atoms with E-state index in [9.17, 15) is 9.90 Å². The minimum atomic E-state index is -0.722. The molecule has 0 aromatic rings. The molecule has 0 aromatic carbocycles. The van der Waals surface area contributed by atoms with Crippen LogP contribution in [0.4, 0.5) is 0 Å². The van der Waals surface area contributed by atoms with E-state index in [-0.39, 0.29) is 12.5 Å². The minimum Gasteiger partial charge on any atom is -0.395 e. The molecule has 0 radical (unpaired) electrons. The molecule has 3 aliphatic heterocycles. The van der Waals surface area contributed by atoms with Gasteiger partial charge in [0.05, 0.1) is 25.3 Å². The molecular weight excluding hydrogens is 308 g/mol. The lowest BCUT2D eigenvalue weighted by Crippen LogP contribution is -2.51. The van der Waals surface area contributed by atoms with E-state index in [0.29, 0.717) is 32.6 Å². The highest BCUT2D eigenvalue weighted by atomic mass is 16.3. The molecule has 2 N–H and O–H groups in total. The largest absolute Gasteiger partial charge is 0.395 e. The maximum Gasteiger partial charge on any atom is 0.236 e. The van der Waals surface area contributed by atoms with Crippen LogP contribution in [0.15, 0.2) is 0 Å². The van der Waals surface area contributed by atoms with Crippen LogP contribution in [-0.2, 0) is 4.79 Å². The number of hydrogen-bond acceptors (Lipinski definition) is 6. The number of nitrogens with zero attached hydrogens (tertiary/aromatic N) is 4. The Balaban J connectivity index is 1.41. The molecule has 3 aliphatic rings. The molecule has 3 rings (SSSR count). The Morgan fingerprint density at radius 2 is 1.58 bits per heavy atom. The first-order valence-corrected chi connectivity index (χ1v) is 9.36. The average Bonchev–Trinajstić information content (AvgIpc) is 3.20. The highest BCUT2D eigenvalue weighted by molar-refractivity contribution is 5.78. The Morgan fingerprint density at radius 3 is 2.25 bits per heavy atom. The number of carbonyl (C=O) groups excluding carboxylic acids is 1. The van der Waals surface area contributed by atoms with Gasteiger partial charge in [0.2, 0.25) is 5.91 Å². The zero-order valence-electron chi connectivity index (χ0n) is 14.7. The Kier molecular flexibility index (Phi) is 6.10. The van der Waals surface area contributed by atoms with E-state index in [1.54, 1.807) is 0 Å². The summed E-state index contributed by atoms with van der Waals surface area (Å²) in [7, 11) is 0. The van der Waals surface area contributed by atoms with E-state index in [0.717, 1.165) is 45.8 Å². The molecule has 0 bridgehead atoms. The maximum atomic E-state index is 12.6. The molecule has 0 spiro atoms. The van der Waals surface area contributed by atoms with E-state index < -0.39 is 5.60 Å². The van der Waals surface area contributed by atoms with Gasteiger partial charge in [0.25, 0.3) is 0 Å². The molecule has 0 aromatic heterocycles. The van der Waals surface area contributed by atoms with Gasteiger partial charge in [0.15, 0.2) is 0 Å². The zero-order valence-corrected chi connectivity index (χ0v) is 14.7. The summed E-state index contributed by atoms with van der Waals surface area (Å²) in [6.45, 7) is 8.95. The normalized spacial score (nSPS) is 30.3. The summed E-state index contributed by atoms with van der Waals surface area (Å²) in [5, 5.41) is 19.8. The fourth-order valence-electron chi connectivity index (χ4n) is 4.16. The molecule has 1 atom stereocenters. The number of carbonyl (C=O) groups is 1. The zero-order chi connectivity index (χ0) is 17.0. The molecule has 3 saturated heterocycles. The Bertz CT molecular complexity index is 422. The van der Waals surface area contributed by atoms with Gasteiger partial charge in [-0.1, -0.05) is 0 Å². The highest BCUT2D eigenvalue weighted by Crippen LogP contribution is 2.24. The summed E-state index contributed by atoms with van der Waals surface area (Å²) in [5.74, 6) is 0.142. The highest BCUT2D eigenvalue weighted by Gasteiger charge is 2.40. The molecule has 3 fully saturated rings. The SMILES string of the molecule is O=C(CN1CCN(CCO)CC1)N1CCC(O)(CN2CCCC2)C1. The van der Waals surface area contributed by atoms with Crippen LogP contribution in [0, 0.1) is 0 Å². The van der Waals surface area contributed by atoms with Crippen molar-refractivity contribution in [2.45, 2.75) is 24.9 Å². The molecule has 0 aliphatic carbocycles. The molecular formula is C17H32N4O3. The third-order valence-electron chi connectivity index (χ3n) is 5.64. The van der Waals surface area contributed by atoms with Crippen molar-refractivity contribution in [3.05, 3.63) is 0 Å². The molecule has 138 valence electrons. The van der Waals surface area contributed by atoms with Gasteiger partial charge in [-0.05, 0) is 32.4 Å². The van der Waals surface area contributed by atoms with Crippen molar-refractivity contribution in [2.24, 2.45) is 0 Å². The molecule has 24 heavy (non-hydrogen) atoms. The van der Waals surface area contributed by atoms with Crippen LogP contribution in [0.5, 0.6) is 0 Å². The van der Waals surface area contributed by atoms with Crippen molar-refractivity contribution < 1.29 is 15.0 Å². The van der Waals surface area contributed by atoms with Crippen molar-refractivity contribution in [3.8, 4) is 0 Å². The van der Waals surface area contributed by atoms with Crippen LogP contribution < -0.4 is 0 Å². The molecule has 1 amide bonds. The number of aliphatic hydroxyl groups is 2. The molecule has 3 heterocycles. The van der Waals surface area contributed by atoms with Crippen molar-refractivity contribution in [1.29, 1.82) is 0 Å². The number of likely N-dealkylation sites (tertiary alicyclic amines) is 2. The maximum absolute atomic E-state index is 12.6. The van der Waals surface area contributed by atoms with E-state index in [1.165, 1.54) is 12.8 Å². The number of rotatable bonds is 6. The van der Waals surface area contributed by atoms with E-state index in [2.05, 4.69) is 14.7 Å². The number of amides is 1. The summed E-state index contributed by atoms with van der Waals surface area (Å²) in [6.07, 6.45) is 3.14. The van der Waals surface area contributed by atoms with E-state index in [1.807, 2.05) is 4.90 Å². The van der Waals surface area contributed by atoms with E-state index >= 15 is 0 Å². The van der Waals surface area contributed by atoms with Gasteiger partial charge in [0, 0.05) is 45.8 Å². The smallest absolute Gasteiger partial charge is 0.236 e. The lowest BCUT2D eigenvalue weighted by Gasteiger charge is -2.34. The van der Waals surface area contributed by atoms with Crippen LogP contribution in [0.2, 0.25) is 0 Å². The fourth-order valence-corrected chi connectivity index (χ4v) is 4.16. The fraction of sp³-hybridized carbons (Fsp3) is 0.941. The van der Waals surface area contributed by atoms with Crippen LogP contribution in [0.3, 0.4) is 0 Å². The molecule has 7 heteroatoms. The predicted molar refractivity (Wildman–Crippen MR) is 91.8 cm³/mol. The van der Waals surface area contributed by atoms with Gasteiger partial charge in [-0.25, -0.2) is 0 Å². The minimum absolute atomic E-state index is 0.142. The summed E-state index contributed by atoms with van der Waals surface area (Å²) < 4.78 is 0. The van der Waals surface area contributed by atoms with Crippen molar-refractivity contribution in [2.75, 3.05) is 78.6 Å². The van der Waals surface area contributed by atoms with Crippen molar-refractivity contribution >= 4 is 5.91 Å². The lowest BCUT2D eigenvalue weighted by atomic mass is 10.0. The van der Waals surface area contributed by atoms with Crippen molar-refractivity contribution in [1.82, 2.24) is 19.6 Å². The van der Waals surface area contributed by atoms with Crippen molar-refractivity contribution in [3.63, 3.8) is 0 Å². The first-order chi connectivity index (χ1) is 11.6. The first-order valence-electron chi connectivity index (χ1n) is 9.36. The topological polar surface area (TPSA) is 70.5 Å². The lowest BCUT2D eigenvalue weighted by molar-refractivity contribution is -0.133. The summed E-state index contributed by atoms with van der Waals surface area (Å²) in [6, 6.07) is 0. The van der Waals surface area contributed by atoms with Gasteiger partial charge in [0.1, 0.15) is 0 Å². The number of β-amino-alcohol motifs (C(OH)–C–C–N with tert-alkyl or cyclic N) is 2. The number of aliphatic hydroxyl groups excluding tert-OH is 1. The Labute approximate surface area is 144 Å². The number of hydrogen-bond donors (Lipinski definition) is 2. The standard InChI is InChI=1S/C17H32N4O3/c22-12-11-18-7-9-19(10-8-18)13-16(23)21-6-3-17(24,15-21)14-20-4-1-2-5-20/h22,24H,1-15H2. The second-order valence-electron chi connectivity index (χ2n) is 7.61. The Hall–Kier alpha value is -0.730. The second-order valence-corrected chi connectivity index (χ2v) is 7.61. The average molecular weight is 340 g/mol. The van der Waals surface area contributed by atoms with Crippen LogP contribution in [0.1, 0.15) is 19.3 Å². The van der Waals surface area contributed by atoms with Crippen LogP contribution >= 0.6 is 0 Å². The summed E-state index contributed by atoms with van der Waals surface area (Å²) in [5.41, 5.74) is -0.722. The summed E-state index contributed by atoms with van der Waals surface area (Å²) >= 11 is 0. The first kappa shape index (κ1) is 18.1. The Morgan fingerprint density at radius 1 is 0.917 bits per heavy atom. The molecule has 7 nitrogen and oxygen atoms in total. The van der Waals surface area contributed by atoms with Gasteiger partial charge < -0.3 is 20.0 Å². The van der Waals surface area contributed by atoms with Crippen LogP contribution in [-0.4, -0.2) is 120 Å². The van der Waals surface area contributed by atoms with Gasteiger partial charge in [-0.15, -0.1) is 0 Å². The quantitative estimate of drug-likeness (QED) is 0.623. The molecule has 1 unspecified atom stereocenters. The van der Waals surface area contributed by atoms with Gasteiger partial charge in [-0.3, -0.25) is 14.6 Å². The third kappa shape index (κ3) is 4.67. The predicted octanol–water partition coefficient (Wildman–Crippen LogP) is -1.34. The second kappa shape index (κ2) is 8.10. The van der Waals surface area contributed by atoms with Crippen LogP contribution in [0.25, 0.3) is 0 Å².